The lowest BCUT2D eigenvalue weighted by Crippen LogP contribution is -2.43. The Morgan fingerprint density at radius 1 is 0.824 bits per heavy atom. The minimum atomic E-state index is 0.651. The van der Waals surface area contributed by atoms with Crippen LogP contribution in [0.2, 0.25) is 0 Å². The van der Waals surface area contributed by atoms with Crippen molar-refractivity contribution >= 4 is 0 Å². The molecule has 0 aromatic rings. The van der Waals surface area contributed by atoms with E-state index in [4.69, 9.17) is 0 Å². The van der Waals surface area contributed by atoms with Gasteiger partial charge in [0.15, 0.2) is 0 Å². The lowest BCUT2D eigenvalue weighted by Gasteiger charge is -2.36. The van der Waals surface area contributed by atoms with Crippen molar-refractivity contribution in [2.75, 3.05) is 19.6 Å². The Bertz CT molecular complexity index is 166. The van der Waals surface area contributed by atoms with E-state index in [9.17, 15) is 0 Å². The van der Waals surface area contributed by atoms with Crippen LogP contribution in [0.15, 0.2) is 0 Å². The fraction of sp³-hybridized carbons (Fsp3) is 1.00. The van der Waals surface area contributed by atoms with E-state index in [0.717, 1.165) is 0 Å². The maximum atomic E-state index is 2.63. The molecule has 2 heteroatoms. The largest absolute Gasteiger partial charge is 0.304 e. The number of hydrogen-bond acceptors (Lipinski definition) is 2. The molecule has 0 bridgehead atoms. The summed E-state index contributed by atoms with van der Waals surface area (Å²) >= 11 is 0. The van der Waals surface area contributed by atoms with E-state index < -0.39 is 0 Å². The summed E-state index contributed by atoms with van der Waals surface area (Å²) in [6.45, 7) is 19.7. The fourth-order valence-corrected chi connectivity index (χ4v) is 2.91. The van der Waals surface area contributed by atoms with Crippen LogP contribution in [0.4, 0.5) is 0 Å². The average molecular weight is 242 g/mol. The van der Waals surface area contributed by atoms with Crippen molar-refractivity contribution in [2.45, 2.75) is 79.4 Å². The number of nitrogens with zero attached hydrogens (tertiary/aromatic N) is 2. The first kappa shape index (κ1) is 16.9. The van der Waals surface area contributed by atoms with Gasteiger partial charge in [0.25, 0.3) is 0 Å². The molecular formula is C15H34N2. The first-order valence-corrected chi connectivity index (χ1v) is 7.43. The summed E-state index contributed by atoms with van der Waals surface area (Å²) in [5, 5.41) is 0. The quantitative estimate of drug-likeness (QED) is 0.609. The third-order valence-electron chi connectivity index (χ3n) is 3.69. The highest BCUT2D eigenvalue weighted by atomic mass is 15.2. The predicted molar refractivity (Wildman–Crippen MR) is 78.6 cm³/mol. The summed E-state index contributed by atoms with van der Waals surface area (Å²) in [6, 6.07) is 2.00. The zero-order valence-corrected chi connectivity index (χ0v) is 13.2. The Hall–Kier alpha value is -0.0800. The molecule has 0 N–H and O–H groups in total. The highest BCUT2D eigenvalue weighted by Crippen LogP contribution is 2.14. The Labute approximate surface area is 109 Å². The van der Waals surface area contributed by atoms with Crippen molar-refractivity contribution in [3.05, 3.63) is 0 Å². The van der Waals surface area contributed by atoms with E-state index in [1.54, 1.807) is 0 Å². The molecule has 2 nitrogen and oxygen atoms in total. The third kappa shape index (κ3) is 6.42. The van der Waals surface area contributed by atoms with Gasteiger partial charge in [-0.1, -0.05) is 13.8 Å². The zero-order chi connectivity index (χ0) is 13.4. The summed E-state index contributed by atoms with van der Waals surface area (Å²) < 4.78 is 0. The van der Waals surface area contributed by atoms with Crippen molar-refractivity contribution in [3.63, 3.8) is 0 Å². The molecule has 0 spiro atoms. The van der Waals surface area contributed by atoms with Gasteiger partial charge in [0.1, 0.15) is 0 Å². The second-order valence-corrected chi connectivity index (χ2v) is 5.65. The molecule has 0 aliphatic heterocycles. The van der Waals surface area contributed by atoms with Gasteiger partial charge in [-0.2, -0.15) is 0 Å². The van der Waals surface area contributed by atoms with Crippen molar-refractivity contribution in [3.8, 4) is 0 Å². The molecule has 0 aliphatic rings. The van der Waals surface area contributed by atoms with Crippen LogP contribution >= 0.6 is 0 Å². The van der Waals surface area contributed by atoms with Crippen LogP contribution in [0.1, 0.15) is 61.3 Å². The Kier molecular flexibility index (Phi) is 8.89. The molecule has 0 heterocycles. The van der Waals surface area contributed by atoms with Crippen molar-refractivity contribution < 1.29 is 0 Å². The van der Waals surface area contributed by atoms with Gasteiger partial charge < -0.3 is 4.90 Å². The lowest BCUT2D eigenvalue weighted by atomic mass is 10.1. The van der Waals surface area contributed by atoms with Crippen molar-refractivity contribution in [2.24, 2.45) is 0 Å². The molecule has 0 aliphatic carbocycles. The minimum Gasteiger partial charge on any atom is -0.304 e. The molecule has 17 heavy (non-hydrogen) atoms. The molecule has 1 unspecified atom stereocenters. The molecule has 0 rings (SSSR count). The Morgan fingerprint density at radius 2 is 1.29 bits per heavy atom. The second-order valence-electron chi connectivity index (χ2n) is 5.65. The van der Waals surface area contributed by atoms with Crippen LogP contribution in [-0.4, -0.2) is 47.6 Å². The topological polar surface area (TPSA) is 6.48 Å². The van der Waals surface area contributed by atoms with Crippen LogP contribution in [0, 0.1) is 0 Å². The van der Waals surface area contributed by atoms with Gasteiger partial charge in [0.2, 0.25) is 0 Å². The molecular weight excluding hydrogens is 208 g/mol. The molecule has 1 atom stereocenters. The highest BCUT2D eigenvalue weighted by Gasteiger charge is 2.19. The van der Waals surface area contributed by atoms with Gasteiger partial charge in [0, 0.05) is 18.1 Å². The highest BCUT2D eigenvalue weighted by molar-refractivity contribution is 4.74. The lowest BCUT2D eigenvalue weighted by molar-refractivity contribution is 0.112. The monoisotopic (exact) mass is 242 g/mol. The average Bonchev–Trinajstić information content (AvgIpc) is 2.23. The van der Waals surface area contributed by atoms with Crippen LogP contribution in [0.5, 0.6) is 0 Å². The standard InChI is InChI=1S/C15H34N2/c1-8-16(9-2)12-10-11-15(7)17(13(3)4)14(5)6/h13-15H,8-12H2,1-7H3. The van der Waals surface area contributed by atoms with Gasteiger partial charge >= 0.3 is 0 Å². The molecule has 0 aromatic heterocycles. The number of rotatable bonds is 9. The first-order chi connectivity index (χ1) is 7.93. The number of hydrogen-bond donors (Lipinski definition) is 0. The van der Waals surface area contributed by atoms with Gasteiger partial charge in [-0.15, -0.1) is 0 Å². The minimum absolute atomic E-state index is 0.651. The van der Waals surface area contributed by atoms with Gasteiger partial charge in [-0.25, -0.2) is 0 Å². The van der Waals surface area contributed by atoms with Crippen molar-refractivity contribution in [1.29, 1.82) is 0 Å². The molecule has 0 aromatic carbocycles. The Balaban J connectivity index is 4.02. The molecule has 0 amide bonds. The smallest absolute Gasteiger partial charge is 0.00728 e. The maximum Gasteiger partial charge on any atom is 0.00728 e. The molecule has 0 saturated heterocycles. The fourth-order valence-electron chi connectivity index (χ4n) is 2.91. The van der Waals surface area contributed by atoms with Gasteiger partial charge in [-0.3, -0.25) is 4.90 Å². The predicted octanol–water partition coefficient (Wildman–Crippen LogP) is 3.62. The second kappa shape index (κ2) is 8.93. The first-order valence-electron chi connectivity index (χ1n) is 7.43. The third-order valence-corrected chi connectivity index (χ3v) is 3.69. The van der Waals surface area contributed by atoms with Crippen molar-refractivity contribution in [1.82, 2.24) is 9.80 Å². The van der Waals surface area contributed by atoms with Gasteiger partial charge in [-0.05, 0) is 67.1 Å². The summed E-state index contributed by atoms with van der Waals surface area (Å²) in [5.41, 5.74) is 0. The maximum absolute atomic E-state index is 2.63. The Morgan fingerprint density at radius 3 is 1.65 bits per heavy atom. The summed E-state index contributed by atoms with van der Waals surface area (Å²) in [7, 11) is 0. The summed E-state index contributed by atoms with van der Waals surface area (Å²) in [5.74, 6) is 0. The molecule has 0 fully saturated rings. The van der Waals surface area contributed by atoms with Crippen LogP contribution in [0.3, 0.4) is 0 Å². The van der Waals surface area contributed by atoms with E-state index in [-0.39, 0.29) is 0 Å². The van der Waals surface area contributed by atoms with E-state index >= 15 is 0 Å². The molecule has 0 radical (unpaired) electrons. The van der Waals surface area contributed by atoms with Crippen LogP contribution in [0.25, 0.3) is 0 Å². The summed E-state index contributed by atoms with van der Waals surface area (Å²) in [4.78, 5) is 5.14. The van der Waals surface area contributed by atoms with E-state index in [2.05, 4.69) is 58.3 Å². The molecule has 104 valence electrons. The molecule has 0 saturated carbocycles. The normalized spacial score (nSPS) is 14.3. The van der Waals surface area contributed by atoms with Crippen LogP contribution < -0.4 is 0 Å². The summed E-state index contributed by atoms with van der Waals surface area (Å²) in [6.07, 6.45) is 2.63. The van der Waals surface area contributed by atoms with Crippen LogP contribution in [-0.2, 0) is 0 Å². The van der Waals surface area contributed by atoms with Gasteiger partial charge in [0.05, 0.1) is 0 Å². The van der Waals surface area contributed by atoms with E-state index in [1.165, 1.54) is 32.5 Å². The van der Waals surface area contributed by atoms with E-state index in [1.807, 2.05) is 0 Å². The van der Waals surface area contributed by atoms with E-state index in [0.29, 0.717) is 18.1 Å². The zero-order valence-electron chi connectivity index (χ0n) is 13.2. The SMILES string of the molecule is CCN(CC)CCCC(C)N(C(C)C)C(C)C.